The molecular weight excluding hydrogens is 336 g/mol. The number of nitrogens with two attached hydrogens (primary N) is 1. The zero-order chi connectivity index (χ0) is 18.6. The molecule has 27 heavy (non-hydrogen) atoms. The summed E-state index contributed by atoms with van der Waals surface area (Å²) >= 11 is 0. The molecule has 2 N–H and O–H groups in total. The standard InChI is InChI=1S/C22H22N4O/c23-22-18(10-7-13-24-22)21(27)20-17(16-8-3-1-4-9-16)11-12-19(25-20)26-14-5-2-6-15-26/h1,3-4,7-13H,2,5-6,14-15H2,(H2,23,24). The smallest absolute Gasteiger partial charge is 0.215 e. The molecule has 1 fully saturated rings. The lowest BCUT2D eigenvalue weighted by Gasteiger charge is -2.28. The molecule has 4 rings (SSSR count). The molecule has 0 amide bonds. The molecule has 0 atom stereocenters. The van der Waals surface area contributed by atoms with Crippen molar-refractivity contribution in [3.8, 4) is 11.1 Å². The molecule has 5 nitrogen and oxygen atoms in total. The lowest BCUT2D eigenvalue weighted by Crippen LogP contribution is -2.30. The van der Waals surface area contributed by atoms with E-state index in [0.717, 1.165) is 42.9 Å². The summed E-state index contributed by atoms with van der Waals surface area (Å²) in [5.74, 6) is 0.880. The van der Waals surface area contributed by atoms with Crippen molar-refractivity contribution in [1.29, 1.82) is 0 Å². The van der Waals surface area contributed by atoms with Gasteiger partial charge in [0.1, 0.15) is 17.3 Å². The highest BCUT2D eigenvalue weighted by Gasteiger charge is 2.22. The van der Waals surface area contributed by atoms with E-state index in [1.165, 1.54) is 6.42 Å². The number of ketones is 1. The number of carbonyl (C=O) groups is 1. The first-order valence-electron chi connectivity index (χ1n) is 9.30. The van der Waals surface area contributed by atoms with Crippen molar-refractivity contribution in [2.24, 2.45) is 0 Å². The van der Waals surface area contributed by atoms with Crippen molar-refractivity contribution < 1.29 is 4.79 Å². The number of anilines is 2. The van der Waals surface area contributed by atoms with Crippen molar-refractivity contribution in [1.82, 2.24) is 9.97 Å². The number of nitrogens with zero attached hydrogens (tertiary/aromatic N) is 3. The molecule has 3 aromatic rings. The molecule has 0 spiro atoms. The fourth-order valence-corrected chi connectivity index (χ4v) is 3.51. The molecule has 0 bridgehead atoms. The minimum absolute atomic E-state index is 0.196. The van der Waals surface area contributed by atoms with Crippen LogP contribution in [-0.2, 0) is 0 Å². The van der Waals surface area contributed by atoms with E-state index in [2.05, 4.69) is 9.88 Å². The van der Waals surface area contributed by atoms with Crippen LogP contribution in [0.4, 0.5) is 11.6 Å². The van der Waals surface area contributed by atoms with Gasteiger partial charge in [-0.05, 0) is 49.1 Å². The number of piperidine rings is 1. The predicted octanol–water partition coefficient (Wildman–Crippen LogP) is 3.95. The highest BCUT2D eigenvalue weighted by atomic mass is 16.1. The molecule has 1 aliphatic rings. The third kappa shape index (κ3) is 3.53. The predicted molar refractivity (Wildman–Crippen MR) is 108 cm³/mol. The fraction of sp³-hybridized carbons (Fsp3) is 0.227. The average molecular weight is 358 g/mol. The minimum atomic E-state index is -0.196. The Balaban J connectivity index is 1.82. The van der Waals surface area contributed by atoms with Crippen molar-refractivity contribution in [2.45, 2.75) is 19.3 Å². The van der Waals surface area contributed by atoms with E-state index in [1.807, 2.05) is 42.5 Å². The summed E-state index contributed by atoms with van der Waals surface area (Å²) in [4.78, 5) is 24.4. The quantitative estimate of drug-likeness (QED) is 0.715. The minimum Gasteiger partial charge on any atom is -0.383 e. The zero-order valence-electron chi connectivity index (χ0n) is 15.1. The molecule has 0 saturated carbocycles. The van der Waals surface area contributed by atoms with Gasteiger partial charge in [0.2, 0.25) is 5.78 Å². The highest BCUT2D eigenvalue weighted by molar-refractivity contribution is 6.14. The summed E-state index contributed by atoms with van der Waals surface area (Å²) < 4.78 is 0. The van der Waals surface area contributed by atoms with Gasteiger partial charge in [-0.3, -0.25) is 4.79 Å². The number of benzene rings is 1. The third-order valence-corrected chi connectivity index (χ3v) is 4.94. The molecule has 0 aliphatic carbocycles. The third-order valence-electron chi connectivity index (χ3n) is 4.94. The van der Waals surface area contributed by atoms with E-state index in [9.17, 15) is 4.79 Å². The Morgan fingerprint density at radius 3 is 2.44 bits per heavy atom. The first kappa shape index (κ1) is 17.2. The monoisotopic (exact) mass is 358 g/mol. The molecule has 1 aliphatic heterocycles. The van der Waals surface area contributed by atoms with Crippen LogP contribution in [0.15, 0.2) is 60.8 Å². The molecule has 1 saturated heterocycles. The van der Waals surface area contributed by atoms with Gasteiger partial charge in [-0.2, -0.15) is 0 Å². The first-order chi connectivity index (χ1) is 13.2. The number of rotatable bonds is 4. The van der Waals surface area contributed by atoms with Crippen LogP contribution in [0.5, 0.6) is 0 Å². The topological polar surface area (TPSA) is 72.1 Å². The molecule has 0 radical (unpaired) electrons. The lowest BCUT2D eigenvalue weighted by molar-refractivity contribution is 0.103. The Kier molecular flexibility index (Phi) is 4.83. The van der Waals surface area contributed by atoms with Gasteiger partial charge in [0.25, 0.3) is 0 Å². The number of nitrogen functional groups attached to an aromatic ring is 1. The summed E-state index contributed by atoms with van der Waals surface area (Å²) in [6, 6.07) is 17.3. The lowest BCUT2D eigenvalue weighted by atomic mass is 9.98. The van der Waals surface area contributed by atoms with Crippen molar-refractivity contribution in [3.63, 3.8) is 0 Å². The molecule has 3 heterocycles. The van der Waals surface area contributed by atoms with Crippen LogP contribution in [-0.4, -0.2) is 28.8 Å². The van der Waals surface area contributed by atoms with E-state index in [1.54, 1.807) is 18.3 Å². The second kappa shape index (κ2) is 7.58. The molecule has 1 aromatic carbocycles. The normalized spacial score (nSPS) is 14.1. The Labute approximate surface area is 158 Å². The van der Waals surface area contributed by atoms with E-state index in [0.29, 0.717) is 11.3 Å². The van der Waals surface area contributed by atoms with E-state index >= 15 is 0 Å². The Morgan fingerprint density at radius 2 is 1.70 bits per heavy atom. The zero-order valence-corrected chi connectivity index (χ0v) is 15.1. The second-order valence-corrected chi connectivity index (χ2v) is 6.74. The first-order valence-corrected chi connectivity index (χ1v) is 9.30. The number of carbonyl (C=O) groups excluding carboxylic acids is 1. The number of pyridine rings is 2. The van der Waals surface area contributed by atoms with Crippen LogP contribution in [0.25, 0.3) is 11.1 Å². The number of aromatic nitrogens is 2. The molecule has 2 aromatic heterocycles. The van der Waals surface area contributed by atoms with Gasteiger partial charge in [-0.1, -0.05) is 30.3 Å². The van der Waals surface area contributed by atoms with Gasteiger partial charge < -0.3 is 10.6 Å². The summed E-state index contributed by atoms with van der Waals surface area (Å²) in [5.41, 5.74) is 8.53. The van der Waals surface area contributed by atoms with Gasteiger partial charge in [-0.15, -0.1) is 0 Å². The highest BCUT2D eigenvalue weighted by Crippen LogP contribution is 2.29. The van der Waals surface area contributed by atoms with Gasteiger partial charge in [0.05, 0.1) is 5.56 Å². The summed E-state index contributed by atoms with van der Waals surface area (Å²) in [6.07, 6.45) is 5.14. The fourth-order valence-electron chi connectivity index (χ4n) is 3.51. The van der Waals surface area contributed by atoms with Crippen LogP contribution in [0.2, 0.25) is 0 Å². The second-order valence-electron chi connectivity index (χ2n) is 6.74. The molecular formula is C22H22N4O. The maximum Gasteiger partial charge on any atom is 0.215 e. The van der Waals surface area contributed by atoms with Crippen LogP contribution in [0.1, 0.15) is 35.3 Å². The molecule has 5 heteroatoms. The van der Waals surface area contributed by atoms with E-state index < -0.39 is 0 Å². The van der Waals surface area contributed by atoms with E-state index in [-0.39, 0.29) is 11.6 Å². The van der Waals surface area contributed by atoms with Crippen molar-refractivity contribution >= 4 is 17.4 Å². The maximum absolute atomic E-state index is 13.3. The van der Waals surface area contributed by atoms with Crippen LogP contribution < -0.4 is 10.6 Å². The van der Waals surface area contributed by atoms with Crippen LogP contribution in [0, 0.1) is 0 Å². The largest absolute Gasteiger partial charge is 0.383 e. The summed E-state index contributed by atoms with van der Waals surface area (Å²) in [7, 11) is 0. The van der Waals surface area contributed by atoms with Crippen molar-refractivity contribution in [3.05, 3.63) is 72.1 Å². The summed E-state index contributed by atoms with van der Waals surface area (Å²) in [5, 5.41) is 0. The Morgan fingerprint density at radius 1 is 0.926 bits per heavy atom. The van der Waals surface area contributed by atoms with E-state index in [4.69, 9.17) is 10.7 Å². The van der Waals surface area contributed by atoms with Gasteiger partial charge in [0, 0.05) is 24.8 Å². The van der Waals surface area contributed by atoms with Gasteiger partial charge in [0.15, 0.2) is 0 Å². The maximum atomic E-state index is 13.3. The Bertz CT molecular complexity index is 950. The number of hydrogen-bond donors (Lipinski definition) is 1. The van der Waals surface area contributed by atoms with Crippen molar-refractivity contribution in [2.75, 3.05) is 23.7 Å². The molecule has 0 unspecified atom stereocenters. The SMILES string of the molecule is Nc1ncccc1C(=O)c1nc(N2CCCCC2)ccc1-c1ccccc1. The molecule has 136 valence electrons. The average Bonchev–Trinajstić information content (AvgIpc) is 2.74. The van der Waals surface area contributed by atoms with Gasteiger partial charge in [-0.25, -0.2) is 9.97 Å². The number of hydrogen-bond acceptors (Lipinski definition) is 5. The van der Waals surface area contributed by atoms with Gasteiger partial charge >= 0.3 is 0 Å². The van der Waals surface area contributed by atoms with Crippen LogP contribution in [0.3, 0.4) is 0 Å². The summed E-state index contributed by atoms with van der Waals surface area (Å²) in [6.45, 7) is 1.95. The van der Waals surface area contributed by atoms with Crippen LogP contribution >= 0.6 is 0 Å². The Hall–Kier alpha value is -3.21.